The fraction of sp³-hybridized carbons (Fsp3) is 0.296. The highest BCUT2D eigenvalue weighted by molar-refractivity contribution is 7.12. The molecule has 0 saturated carbocycles. The fourth-order valence-corrected chi connectivity index (χ4v) is 5.11. The van der Waals surface area contributed by atoms with E-state index in [2.05, 4.69) is 22.2 Å². The number of aromatic nitrogens is 2. The molecule has 1 amide bonds. The number of nitrogens with one attached hydrogen (secondary N) is 2. The summed E-state index contributed by atoms with van der Waals surface area (Å²) in [7, 11) is 0. The molecular weight excluding hydrogens is 462 g/mol. The average molecular weight is 492 g/mol. The van der Waals surface area contributed by atoms with Gasteiger partial charge in [0.2, 0.25) is 0 Å². The molecule has 2 heterocycles. The molecule has 4 aromatic rings. The Bertz CT molecular complexity index is 1280. The Balaban J connectivity index is 1.61. The van der Waals surface area contributed by atoms with E-state index >= 15 is 0 Å². The maximum absolute atomic E-state index is 12.8. The van der Waals surface area contributed by atoms with Gasteiger partial charge in [-0.3, -0.25) is 0 Å². The second kappa shape index (κ2) is 11.7. The summed E-state index contributed by atoms with van der Waals surface area (Å²) in [6, 6.07) is 17.1. The molecule has 0 aliphatic heterocycles. The van der Waals surface area contributed by atoms with E-state index in [0.29, 0.717) is 23.5 Å². The van der Waals surface area contributed by atoms with Crippen LogP contribution >= 0.6 is 11.3 Å². The number of hydrogen-bond donors (Lipinski definition) is 2. The molecule has 4 rings (SSSR count). The van der Waals surface area contributed by atoms with Gasteiger partial charge in [-0.15, -0.1) is 11.3 Å². The van der Waals surface area contributed by atoms with Crippen LogP contribution in [0.25, 0.3) is 10.9 Å². The molecule has 0 bridgehead atoms. The Morgan fingerprint density at radius 3 is 2.60 bits per heavy atom. The first kappa shape index (κ1) is 24.5. The van der Waals surface area contributed by atoms with E-state index in [0.717, 1.165) is 33.3 Å². The van der Waals surface area contributed by atoms with Crippen LogP contribution < -0.4 is 5.32 Å². The molecule has 2 N–H and O–H groups in total. The molecular formula is C27H29N3O4S. The van der Waals surface area contributed by atoms with Gasteiger partial charge in [0, 0.05) is 28.4 Å². The lowest BCUT2D eigenvalue weighted by atomic mass is 10.1. The second-order valence-electron chi connectivity index (χ2n) is 8.12. The van der Waals surface area contributed by atoms with Crippen LogP contribution in [0.1, 0.15) is 57.8 Å². The van der Waals surface area contributed by atoms with E-state index in [1.54, 1.807) is 6.92 Å². The highest BCUT2D eigenvalue weighted by Gasteiger charge is 2.26. The first-order valence-corrected chi connectivity index (χ1v) is 12.6. The summed E-state index contributed by atoms with van der Waals surface area (Å²) in [5, 5.41) is 4.71. The number of alkyl carbamates (subject to hydrolysis) is 1. The molecule has 0 fully saturated rings. The molecule has 7 nitrogen and oxygen atoms in total. The van der Waals surface area contributed by atoms with Crippen molar-refractivity contribution < 1.29 is 19.1 Å². The molecule has 0 unspecified atom stereocenters. The minimum Gasteiger partial charge on any atom is -0.461 e. The number of carbonyl (C=O) groups is 2. The monoisotopic (exact) mass is 491 g/mol. The van der Waals surface area contributed by atoms with Crippen LogP contribution in [0.5, 0.6) is 0 Å². The number of thiazole rings is 1. The van der Waals surface area contributed by atoms with Crippen molar-refractivity contribution in [3.63, 3.8) is 0 Å². The lowest BCUT2D eigenvalue weighted by Gasteiger charge is -2.16. The van der Waals surface area contributed by atoms with Gasteiger partial charge >= 0.3 is 12.1 Å². The van der Waals surface area contributed by atoms with Crippen LogP contribution in [-0.2, 0) is 28.9 Å². The number of hydrogen-bond acceptors (Lipinski definition) is 6. The Morgan fingerprint density at radius 1 is 1.06 bits per heavy atom. The van der Waals surface area contributed by atoms with E-state index < -0.39 is 18.1 Å². The minimum absolute atomic E-state index is 0.166. The maximum Gasteiger partial charge on any atom is 0.408 e. The van der Waals surface area contributed by atoms with Gasteiger partial charge in [-0.25, -0.2) is 14.6 Å². The molecule has 0 aliphatic carbocycles. The summed E-state index contributed by atoms with van der Waals surface area (Å²) in [6.45, 7) is 4.27. The lowest BCUT2D eigenvalue weighted by molar-refractivity contribution is 0.0519. The van der Waals surface area contributed by atoms with E-state index in [-0.39, 0.29) is 13.2 Å². The topological polar surface area (TPSA) is 93.3 Å². The van der Waals surface area contributed by atoms with E-state index in [9.17, 15) is 9.59 Å². The maximum atomic E-state index is 12.8. The summed E-state index contributed by atoms with van der Waals surface area (Å²) in [6.07, 6.45) is 3.48. The van der Waals surface area contributed by atoms with Crippen LogP contribution in [0.4, 0.5) is 4.79 Å². The van der Waals surface area contributed by atoms with Gasteiger partial charge in [-0.1, -0.05) is 61.9 Å². The summed E-state index contributed by atoms with van der Waals surface area (Å²) in [5.74, 6) is -0.434. The number of aromatic amines is 1. The Hall–Kier alpha value is -3.65. The normalized spacial score (nSPS) is 11.8. The third-order valence-corrected chi connectivity index (χ3v) is 6.79. The number of nitrogens with zero attached hydrogens (tertiary/aromatic N) is 1. The van der Waals surface area contributed by atoms with Gasteiger partial charge < -0.3 is 19.8 Å². The summed E-state index contributed by atoms with van der Waals surface area (Å²) in [5.41, 5.74) is 3.29. The van der Waals surface area contributed by atoms with Gasteiger partial charge in [0.05, 0.1) is 12.6 Å². The van der Waals surface area contributed by atoms with Crippen molar-refractivity contribution in [1.29, 1.82) is 0 Å². The van der Waals surface area contributed by atoms with E-state index in [4.69, 9.17) is 9.47 Å². The zero-order valence-electron chi connectivity index (χ0n) is 19.9. The summed E-state index contributed by atoms with van der Waals surface area (Å²) >= 11 is 1.44. The largest absolute Gasteiger partial charge is 0.461 e. The molecule has 8 heteroatoms. The van der Waals surface area contributed by atoms with Crippen molar-refractivity contribution in [2.45, 2.75) is 45.8 Å². The van der Waals surface area contributed by atoms with Crippen molar-refractivity contribution in [2.24, 2.45) is 0 Å². The van der Waals surface area contributed by atoms with Crippen molar-refractivity contribution in [3.05, 3.63) is 87.5 Å². The molecule has 2 aromatic carbocycles. The number of aryl methyl sites for hydroxylation is 1. The predicted molar refractivity (Wildman–Crippen MR) is 137 cm³/mol. The third-order valence-electron chi connectivity index (χ3n) is 5.56. The molecule has 0 spiro atoms. The van der Waals surface area contributed by atoms with Crippen LogP contribution in [0, 0.1) is 0 Å². The number of esters is 1. The summed E-state index contributed by atoms with van der Waals surface area (Å²) in [4.78, 5) is 34.1. The number of para-hydroxylation sites is 1. The third kappa shape index (κ3) is 6.08. The highest BCUT2D eigenvalue weighted by Crippen LogP contribution is 2.30. The van der Waals surface area contributed by atoms with Crippen LogP contribution in [0.15, 0.2) is 60.8 Å². The van der Waals surface area contributed by atoms with Crippen molar-refractivity contribution in [1.82, 2.24) is 15.3 Å². The quantitative estimate of drug-likeness (QED) is 0.267. The van der Waals surface area contributed by atoms with Crippen LogP contribution in [0.2, 0.25) is 0 Å². The van der Waals surface area contributed by atoms with Crippen molar-refractivity contribution >= 4 is 34.3 Å². The van der Waals surface area contributed by atoms with Gasteiger partial charge in [-0.05, 0) is 30.5 Å². The molecule has 0 saturated heterocycles. The molecule has 35 heavy (non-hydrogen) atoms. The number of amides is 1. The molecule has 0 radical (unpaired) electrons. The standard InChI is InChI=1S/C27H29N3O4S/c1-3-10-23-24(26(31)33-4-2)30-25(35-23)22(15-19-16-28-21-14-9-8-13-20(19)21)29-27(32)34-17-18-11-6-5-7-12-18/h5-9,11-14,16,22,28H,3-4,10,15,17H2,1-2H3,(H,29,32)/t22-/m1/s1. The summed E-state index contributed by atoms with van der Waals surface area (Å²) < 4.78 is 10.7. The SMILES string of the molecule is CCCc1sc([C@@H](Cc2c[nH]c3ccccc23)NC(=O)OCc2ccccc2)nc1C(=O)OCC. The molecule has 182 valence electrons. The number of rotatable bonds is 10. The first-order valence-electron chi connectivity index (χ1n) is 11.8. The highest BCUT2D eigenvalue weighted by atomic mass is 32.1. The minimum atomic E-state index is -0.538. The lowest BCUT2D eigenvalue weighted by Crippen LogP contribution is -2.30. The molecule has 1 atom stereocenters. The average Bonchev–Trinajstić information content (AvgIpc) is 3.48. The number of fused-ring (bicyclic) bond motifs is 1. The molecule has 0 aliphatic rings. The van der Waals surface area contributed by atoms with Gasteiger partial charge in [0.25, 0.3) is 0 Å². The van der Waals surface area contributed by atoms with Crippen molar-refractivity contribution in [3.8, 4) is 0 Å². The second-order valence-corrected chi connectivity index (χ2v) is 9.23. The van der Waals surface area contributed by atoms with Gasteiger partial charge in [-0.2, -0.15) is 0 Å². The van der Waals surface area contributed by atoms with Crippen LogP contribution in [-0.4, -0.2) is 28.6 Å². The number of H-pyrrole nitrogens is 1. The Labute approximate surface area is 208 Å². The van der Waals surface area contributed by atoms with E-state index in [1.165, 1.54) is 11.3 Å². The van der Waals surface area contributed by atoms with Crippen molar-refractivity contribution in [2.75, 3.05) is 6.61 Å². The van der Waals surface area contributed by atoms with Crippen LogP contribution in [0.3, 0.4) is 0 Å². The zero-order chi connectivity index (χ0) is 24.6. The smallest absolute Gasteiger partial charge is 0.408 e. The molecule has 2 aromatic heterocycles. The van der Waals surface area contributed by atoms with E-state index in [1.807, 2.05) is 60.8 Å². The first-order chi connectivity index (χ1) is 17.1. The predicted octanol–water partition coefficient (Wildman–Crippen LogP) is 5.96. The Kier molecular flexibility index (Phi) is 8.15. The van der Waals surface area contributed by atoms with Gasteiger partial charge in [0.1, 0.15) is 11.6 Å². The number of benzene rings is 2. The fourth-order valence-electron chi connectivity index (χ4n) is 3.90. The zero-order valence-corrected chi connectivity index (χ0v) is 20.7. The van der Waals surface area contributed by atoms with Gasteiger partial charge in [0.15, 0.2) is 5.69 Å². The number of carbonyl (C=O) groups excluding carboxylic acids is 2. The number of ether oxygens (including phenoxy) is 2. The Morgan fingerprint density at radius 2 is 1.83 bits per heavy atom.